The summed E-state index contributed by atoms with van der Waals surface area (Å²) in [5, 5.41) is 0. The van der Waals surface area contributed by atoms with E-state index in [1.165, 1.54) is 11.3 Å². The van der Waals surface area contributed by atoms with Crippen LogP contribution < -0.4 is 9.62 Å². The Balaban J connectivity index is 1.70. The van der Waals surface area contributed by atoms with Crippen LogP contribution in [0.2, 0.25) is 0 Å². The Bertz CT molecular complexity index is 790. The van der Waals surface area contributed by atoms with Crippen molar-refractivity contribution in [1.82, 2.24) is 0 Å². The number of anilines is 2. The highest BCUT2D eigenvalue weighted by atomic mass is 79.9. The van der Waals surface area contributed by atoms with Crippen molar-refractivity contribution in [3.8, 4) is 0 Å². The molecule has 5 nitrogen and oxygen atoms in total. The second kappa shape index (κ2) is 7.43. The van der Waals surface area contributed by atoms with E-state index in [-0.39, 0.29) is 10.3 Å². The number of thiophene rings is 1. The minimum Gasteiger partial charge on any atom is -0.380 e. The molecule has 0 bridgehead atoms. The van der Waals surface area contributed by atoms with Gasteiger partial charge >= 0.3 is 0 Å². The Morgan fingerprint density at radius 3 is 2.62 bits per heavy atom. The molecule has 0 aliphatic carbocycles. The van der Waals surface area contributed by atoms with E-state index in [0.29, 0.717) is 5.69 Å². The standard InChI is InChI=1S/C16H19BrN2O3S2/c1-22-14-3-2-10-19(11-14)13-6-4-12(5-7-13)18-24(20,21)16-9-8-15(17)23-16/h4-9,14,18H,2-3,10-11H2,1H3. The minimum absolute atomic E-state index is 0.259. The van der Waals surface area contributed by atoms with Crippen LogP contribution in [0.1, 0.15) is 12.8 Å². The number of halogens is 1. The lowest BCUT2D eigenvalue weighted by Gasteiger charge is -2.33. The van der Waals surface area contributed by atoms with Crippen LogP contribution in [0.3, 0.4) is 0 Å². The van der Waals surface area contributed by atoms with Crippen LogP contribution in [-0.4, -0.2) is 34.7 Å². The van der Waals surface area contributed by atoms with Gasteiger partial charge in [-0.15, -0.1) is 11.3 Å². The van der Waals surface area contributed by atoms with Gasteiger partial charge in [0.2, 0.25) is 0 Å². The molecule has 1 fully saturated rings. The lowest BCUT2D eigenvalue weighted by molar-refractivity contribution is 0.0893. The summed E-state index contributed by atoms with van der Waals surface area (Å²) >= 11 is 4.47. The lowest BCUT2D eigenvalue weighted by atomic mass is 10.1. The summed E-state index contributed by atoms with van der Waals surface area (Å²) < 4.78 is 33.8. The molecule has 1 aromatic heterocycles. The summed E-state index contributed by atoms with van der Waals surface area (Å²) in [5.41, 5.74) is 1.64. The van der Waals surface area contributed by atoms with E-state index in [1.807, 2.05) is 12.1 Å². The zero-order chi connectivity index (χ0) is 17.2. The number of hydrogen-bond donors (Lipinski definition) is 1. The van der Waals surface area contributed by atoms with Crippen LogP contribution in [0, 0.1) is 0 Å². The lowest BCUT2D eigenvalue weighted by Crippen LogP contribution is -2.39. The summed E-state index contributed by atoms with van der Waals surface area (Å²) in [5.74, 6) is 0. The number of nitrogens with one attached hydrogen (secondary N) is 1. The first-order chi connectivity index (χ1) is 11.5. The first-order valence-corrected chi connectivity index (χ1v) is 10.7. The molecule has 24 heavy (non-hydrogen) atoms. The molecule has 1 N–H and O–H groups in total. The van der Waals surface area contributed by atoms with Gasteiger partial charge in [-0.25, -0.2) is 8.42 Å². The van der Waals surface area contributed by atoms with Gasteiger partial charge in [-0.3, -0.25) is 4.72 Å². The number of benzene rings is 1. The molecule has 1 atom stereocenters. The Morgan fingerprint density at radius 1 is 1.25 bits per heavy atom. The smallest absolute Gasteiger partial charge is 0.271 e. The predicted octanol–water partition coefficient (Wildman–Crippen LogP) is 3.93. The molecule has 1 unspecified atom stereocenters. The molecule has 1 aliphatic rings. The fourth-order valence-corrected chi connectivity index (χ4v) is 5.82. The van der Waals surface area contributed by atoms with E-state index in [4.69, 9.17) is 4.74 Å². The average molecular weight is 431 g/mol. The Kier molecular flexibility index (Phi) is 5.49. The van der Waals surface area contributed by atoms with Crippen molar-refractivity contribution < 1.29 is 13.2 Å². The van der Waals surface area contributed by atoms with E-state index < -0.39 is 10.0 Å². The Labute approximate surface area is 154 Å². The summed E-state index contributed by atoms with van der Waals surface area (Å²) in [6, 6.07) is 10.8. The third kappa shape index (κ3) is 4.11. The van der Waals surface area contributed by atoms with Crippen molar-refractivity contribution in [2.75, 3.05) is 29.8 Å². The monoisotopic (exact) mass is 430 g/mol. The van der Waals surface area contributed by atoms with Gasteiger partial charge in [0.25, 0.3) is 10.0 Å². The first kappa shape index (κ1) is 17.7. The molecule has 0 saturated carbocycles. The average Bonchev–Trinajstić information content (AvgIpc) is 3.03. The van der Waals surface area contributed by atoms with Gasteiger partial charge in [0.1, 0.15) is 4.21 Å². The third-order valence-corrected chi connectivity index (χ3v) is 7.51. The predicted molar refractivity (Wildman–Crippen MR) is 102 cm³/mol. The van der Waals surface area contributed by atoms with Gasteiger partial charge in [0.05, 0.1) is 9.89 Å². The molecule has 3 rings (SSSR count). The maximum absolute atomic E-state index is 12.3. The Morgan fingerprint density at radius 2 is 2.00 bits per heavy atom. The maximum Gasteiger partial charge on any atom is 0.271 e. The quantitative estimate of drug-likeness (QED) is 0.780. The molecule has 0 spiro atoms. The highest BCUT2D eigenvalue weighted by molar-refractivity contribution is 9.11. The van der Waals surface area contributed by atoms with Crippen molar-refractivity contribution in [2.45, 2.75) is 23.2 Å². The van der Waals surface area contributed by atoms with Gasteiger partial charge in [-0.05, 0) is 65.2 Å². The topological polar surface area (TPSA) is 58.6 Å². The van der Waals surface area contributed by atoms with Crippen molar-refractivity contribution in [3.05, 3.63) is 40.2 Å². The van der Waals surface area contributed by atoms with Gasteiger partial charge in [0.15, 0.2) is 0 Å². The third-order valence-electron chi connectivity index (χ3n) is 4.01. The normalized spacial score (nSPS) is 18.6. The fraction of sp³-hybridized carbons (Fsp3) is 0.375. The van der Waals surface area contributed by atoms with E-state index >= 15 is 0 Å². The summed E-state index contributed by atoms with van der Waals surface area (Å²) in [6.45, 7) is 1.86. The number of rotatable bonds is 5. The summed E-state index contributed by atoms with van der Waals surface area (Å²) in [6.07, 6.45) is 2.44. The van der Waals surface area contributed by atoms with Crippen molar-refractivity contribution in [3.63, 3.8) is 0 Å². The first-order valence-electron chi connectivity index (χ1n) is 7.64. The molecule has 1 saturated heterocycles. The van der Waals surface area contributed by atoms with Crippen LogP contribution in [0.15, 0.2) is 44.4 Å². The van der Waals surface area contributed by atoms with E-state index in [9.17, 15) is 8.42 Å². The van der Waals surface area contributed by atoms with Crippen LogP contribution in [-0.2, 0) is 14.8 Å². The van der Waals surface area contributed by atoms with E-state index in [2.05, 4.69) is 25.6 Å². The van der Waals surface area contributed by atoms with Gasteiger partial charge in [-0.2, -0.15) is 0 Å². The second-order valence-electron chi connectivity index (χ2n) is 5.66. The molecule has 1 aliphatic heterocycles. The van der Waals surface area contributed by atoms with Crippen LogP contribution in [0.4, 0.5) is 11.4 Å². The number of nitrogens with zero attached hydrogens (tertiary/aromatic N) is 1. The number of sulfonamides is 1. The largest absolute Gasteiger partial charge is 0.380 e. The van der Waals surface area contributed by atoms with Gasteiger partial charge in [0, 0.05) is 31.6 Å². The molecule has 2 heterocycles. The highest BCUT2D eigenvalue weighted by Gasteiger charge is 2.20. The van der Waals surface area contributed by atoms with Gasteiger partial charge < -0.3 is 9.64 Å². The number of ether oxygens (including phenoxy) is 1. The fourth-order valence-electron chi connectivity index (χ4n) is 2.75. The molecule has 130 valence electrons. The van der Waals surface area contributed by atoms with Crippen molar-refractivity contribution >= 4 is 48.7 Å². The minimum atomic E-state index is -3.54. The SMILES string of the molecule is COC1CCCN(c2ccc(NS(=O)(=O)c3ccc(Br)s3)cc2)C1. The number of hydrogen-bond acceptors (Lipinski definition) is 5. The zero-order valence-corrected chi connectivity index (χ0v) is 16.5. The molecular weight excluding hydrogens is 412 g/mol. The van der Waals surface area contributed by atoms with Crippen molar-refractivity contribution in [1.29, 1.82) is 0 Å². The molecule has 8 heteroatoms. The molecule has 1 aromatic carbocycles. The molecular formula is C16H19BrN2O3S2. The van der Waals surface area contributed by atoms with Crippen LogP contribution in [0.25, 0.3) is 0 Å². The number of piperidine rings is 1. The van der Waals surface area contributed by atoms with E-state index in [0.717, 1.165) is 35.4 Å². The maximum atomic E-state index is 12.3. The summed E-state index contributed by atoms with van der Waals surface area (Å²) in [4.78, 5) is 2.27. The zero-order valence-electron chi connectivity index (χ0n) is 13.2. The van der Waals surface area contributed by atoms with Crippen molar-refractivity contribution in [2.24, 2.45) is 0 Å². The second-order valence-corrected chi connectivity index (χ2v) is 10.0. The van der Waals surface area contributed by atoms with E-state index in [1.54, 1.807) is 31.4 Å². The number of methoxy groups -OCH3 is 1. The highest BCUT2D eigenvalue weighted by Crippen LogP contribution is 2.28. The van der Waals surface area contributed by atoms with Gasteiger partial charge in [-0.1, -0.05) is 0 Å². The Hall–Kier alpha value is -1.09. The molecule has 2 aromatic rings. The van der Waals surface area contributed by atoms with Crippen LogP contribution >= 0.6 is 27.3 Å². The van der Waals surface area contributed by atoms with Crippen LogP contribution in [0.5, 0.6) is 0 Å². The molecule has 0 amide bonds. The molecule has 0 radical (unpaired) electrons. The summed E-state index contributed by atoms with van der Waals surface area (Å²) in [7, 11) is -1.79.